The van der Waals surface area contributed by atoms with Crippen LogP contribution in [0.4, 0.5) is 5.13 Å². The number of anilines is 1. The molecule has 1 amide bonds. The minimum Gasteiger partial charge on any atom is -0.493 e. The number of nitrogens with zero attached hydrogens (tertiary/aromatic N) is 1. The van der Waals surface area contributed by atoms with Gasteiger partial charge in [-0.2, -0.15) is 0 Å². The maximum atomic E-state index is 12.2. The van der Waals surface area contributed by atoms with Crippen LogP contribution in [0.15, 0.2) is 54.0 Å². The standard InChI is InChI=1S/C22H27ClN2O3S/c1-5-8-18(27-3)19(28-4)13-15(2)9-6-7-10-21(26)25-22-24-17-12-11-16(23)14-20(17)29-22/h8,11-14H,2,5-7,9-10H2,1,3-4H3,(H,24,25,26)/b18-8+,19-13+. The molecule has 0 atom stereocenters. The summed E-state index contributed by atoms with van der Waals surface area (Å²) in [4.78, 5) is 16.6. The molecule has 1 aromatic carbocycles. The van der Waals surface area contributed by atoms with Crippen LogP contribution in [0.2, 0.25) is 5.02 Å². The molecule has 0 saturated carbocycles. The number of nitrogens with one attached hydrogen (secondary N) is 1. The van der Waals surface area contributed by atoms with Crippen LogP contribution in [0, 0.1) is 0 Å². The van der Waals surface area contributed by atoms with Gasteiger partial charge in [-0.3, -0.25) is 4.79 Å². The van der Waals surface area contributed by atoms with E-state index < -0.39 is 0 Å². The predicted molar refractivity (Wildman–Crippen MR) is 121 cm³/mol. The van der Waals surface area contributed by atoms with E-state index in [1.807, 2.05) is 31.2 Å². The number of amides is 1. The van der Waals surface area contributed by atoms with Gasteiger partial charge in [-0.25, -0.2) is 4.98 Å². The number of rotatable bonds is 11. The number of methoxy groups -OCH3 is 2. The predicted octanol–water partition coefficient (Wildman–Crippen LogP) is 6.48. The Balaban J connectivity index is 1.78. The van der Waals surface area contributed by atoms with Crippen molar-refractivity contribution in [2.24, 2.45) is 0 Å². The molecular weight excluding hydrogens is 408 g/mol. The minimum absolute atomic E-state index is 0.0403. The fourth-order valence-electron chi connectivity index (χ4n) is 2.73. The molecule has 0 unspecified atom stereocenters. The zero-order chi connectivity index (χ0) is 21.2. The summed E-state index contributed by atoms with van der Waals surface area (Å²) in [5.41, 5.74) is 1.77. The van der Waals surface area contributed by atoms with Crippen molar-refractivity contribution in [2.75, 3.05) is 19.5 Å². The van der Waals surface area contributed by atoms with E-state index in [1.54, 1.807) is 20.3 Å². The van der Waals surface area contributed by atoms with E-state index >= 15 is 0 Å². The first-order valence-corrected chi connectivity index (χ1v) is 10.7. The molecule has 7 heteroatoms. The highest BCUT2D eigenvalue weighted by Crippen LogP contribution is 2.28. The topological polar surface area (TPSA) is 60.5 Å². The van der Waals surface area contributed by atoms with Gasteiger partial charge >= 0.3 is 0 Å². The van der Waals surface area contributed by atoms with Crippen molar-refractivity contribution in [2.45, 2.75) is 39.0 Å². The Hall–Kier alpha value is -2.31. The third kappa shape index (κ3) is 7.22. The number of thiazole rings is 1. The van der Waals surface area contributed by atoms with Gasteiger partial charge in [0.25, 0.3) is 0 Å². The van der Waals surface area contributed by atoms with Crippen LogP contribution < -0.4 is 5.32 Å². The number of unbranched alkanes of at least 4 members (excludes halogenated alkanes) is 1. The Labute approximate surface area is 181 Å². The first-order valence-electron chi connectivity index (χ1n) is 9.50. The zero-order valence-corrected chi connectivity index (χ0v) is 18.7. The Kier molecular flexibility index (Phi) is 9.22. The van der Waals surface area contributed by atoms with Crippen molar-refractivity contribution in [3.63, 3.8) is 0 Å². The summed E-state index contributed by atoms with van der Waals surface area (Å²) in [5, 5.41) is 4.12. The Morgan fingerprint density at radius 1 is 1.24 bits per heavy atom. The molecular formula is C22H27ClN2O3S. The molecule has 2 rings (SSSR count). The van der Waals surface area contributed by atoms with E-state index in [-0.39, 0.29) is 5.91 Å². The molecule has 1 heterocycles. The number of carbonyl (C=O) groups excluding carboxylic acids is 1. The monoisotopic (exact) mass is 434 g/mol. The molecule has 0 saturated heterocycles. The normalized spacial score (nSPS) is 12.1. The summed E-state index contributed by atoms with van der Waals surface area (Å²) >= 11 is 7.41. The largest absolute Gasteiger partial charge is 0.493 e. The molecule has 0 bridgehead atoms. The van der Waals surface area contributed by atoms with E-state index in [4.69, 9.17) is 21.1 Å². The number of fused-ring (bicyclic) bond motifs is 1. The molecule has 29 heavy (non-hydrogen) atoms. The number of carbonyl (C=O) groups is 1. The summed E-state index contributed by atoms with van der Waals surface area (Å²) in [5.74, 6) is 1.32. The van der Waals surface area contributed by atoms with Crippen LogP contribution in [0.3, 0.4) is 0 Å². The first kappa shape index (κ1) is 23.0. The lowest BCUT2D eigenvalue weighted by molar-refractivity contribution is -0.116. The molecule has 1 N–H and O–H groups in total. The molecule has 0 aliphatic rings. The van der Waals surface area contributed by atoms with Gasteiger partial charge in [0.2, 0.25) is 5.91 Å². The molecule has 1 aromatic heterocycles. The Morgan fingerprint density at radius 2 is 1.97 bits per heavy atom. The second-order valence-electron chi connectivity index (χ2n) is 6.44. The van der Waals surface area contributed by atoms with E-state index in [2.05, 4.69) is 16.9 Å². The molecule has 0 aliphatic carbocycles. The number of aromatic nitrogens is 1. The molecule has 2 aromatic rings. The van der Waals surface area contributed by atoms with Crippen molar-refractivity contribution in [3.05, 3.63) is 59.0 Å². The smallest absolute Gasteiger partial charge is 0.226 e. The lowest BCUT2D eigenvalue weighted by Gasteiger charge is -2.10. The van der Waals surface area contributed by atoms with Gasteiger partial charge in [-0.05, 0) is 56.0 Å². The quantitative estimate of drug-likeness (QED) is 0.250. The van der Waals surface area contributed by atoms with Crippen LogP contribution in [0.25, 0.3) is 10.2 Å². The van der Waals surface area contributed by atoms with Crippen LogP contribution in [0.1, 0.15) is 39.0 Å². The fourth-order valence-corrected chi connectivity index (χ4v) is 3.89. The summed E-state index contributed by atoms with van der Waals surface area (Å²) < 4.78 is 11.7. The van der Waals surface area contributed by atoms with E-state index in [1.165, 1.54) is 11.3 Å². The fraction of sp³-hybridized carbons (Fsp3) is 0.364. The highest BCUT2D eigenvalue weighted by atomic mass is 35.5. The number of halogens is 1. The highest BCUT2D eigenvalue weighted by Gasteiger charge is 2.09. The molecule has 0 aliphatic heterocycles. The lowest BCUT2D eigenvalue weighted by Crippen LogP contribution is -2.10. The summed E-state index contributed by atoms with van der Waals surface area (Å²) in [6.45, 7) is 6.11. The van der Waals surface area contributed by atoms with Crippen molar-refractivity contribution in [1.82, 2.24) is 4.98 Å². The second-order valence-corrected chi connectivity index (χ2v) is 7.91. The lowest BCUT2D eigenvalue weighted by atomic mass is 10.1. The minimum atomic E-state index is -0.0403. The summed E-state index contributed by atoms with van der Waals surface area (Å²) in [7, 11) is 3.23. The van der Waals surface area contributed by atoms with Gasteiger partial charge in [0, 0.05) is 11.4 Å². The number of hydrogen-bond donors (Lipinski definition) is 1. The maximum absolute atomic E-state index is 12.2. The zero-order valence-electron chi connectivity index (χ0n) is 17.1. The first-order chi connectivity index (χ1) is 14.0. The summed E-state index contributed by atoms with van der Waals surface area (Å²) in [6, 6.07) is 5.49. The van der Waals surface area contributed by atoms with E-state index in [9.17, 15) is 4.79 Å². The van der Waals surface area contributed by atoms with Crippen LogP contribution in [-0.2, 0) is 14.3 Å². The molecule has 5 nitrogen and oxygen atoms in total. The summed E-state index contributed by atoms with van der Waals surface area (Å²) in [6.07, 6.45) is 7.54. The third-order valence-corrected chi connectivity index (χ3v) is 5.32. The van der Waals surface area contributed by atoms with Crippen molar-refractivity contribution in [1.29, 1.82) is 0 Å². The van der Waals surface area contributed by atoms with Crippen LogP contribution >= 0.6 is 22.9 Å². The molecule has 0 radical (unpaired) electrons. The second kappa shape index (κ2) is 11.6. The third-order valence-electron chi connectivity index (χ3n) is 4.16. The maximum Gasteiger partial charge on any atom is 0.226 e. The van der Waals surface area contributed by atoms with Crippen LogP contribution in [0.5, 0.6) is 0 Å². The number of hydrogen-bond acceptors (Lipinski definition) is 5. The SMILES string of the molecule is C=C(/C=C(OC)\C(=C/CC)OC)CCCCC(=O)Nc1nc2ccc(Cl)cc2s1. The highest BCUT2D eigenvalue weighted by molar-refractivity contribution is 7.22. The van der Waals surface area contributed by atoms with E-state index in [0.29, 0.717) is 28.1 Å². The van der Waals surface area contributed by atoms with Gasteiger partial charge < -0.3 is 14.8 Å². The van der Waals surface area contributed by atoms with Crippen molar-refractivity contribution >= 4 is 44.2 Å². The van der Waals surface area contributed by atoms with Gasteiger partial charge in [-0.1, -0.05) is 42.0 Å². The Bertz CT molecular complexity index is 918. The average molecular weight is 435 g/mol. The number of benzene rings is 1. The molecule has 0 spiro atoms. The van der Waals surface area contributed by atoms with Crippen molar-refractivity contribution < 1.29 is 14.3 Å². The molecule has 0 fully saturated rings. The van der Waals surface area contributed by atoms with Gasteiger partial charge in [0.1, 0.15) is 0 Å². The van der Waals surface area contributed by atoms with Gasteiger partial charge in [0.05, 0.1) is 24.4 Å². The van der Waals surface area contributed by atoms with E-state index in [0.717, 1.165) is 41.5 Å². The molecule has 156 valence electrons. The number of ether oxygens (including phenoxy) is 2. The number of allylic oxidation sites excluding steroid dienone is 3. The van der Waals surface area contributed by atoms with Gasteiger partial charge in [0.15, 0.2) is 16.6 Å². The van der Waals surface area contributed by atoms with Crippen LogP contribution in [-0.4, -0.2) is 25.1 Å². The Morgan fingerprint density at radius 3 is 2.66 bits per heavy atom. The van der Waals surface area contributed by atoms with Gasteiger partial charge in [-0.15, -0.1) is 0 Å². The van der Waals surface area contributed by atoms with Crippen molar-refractivity contribution in [3.8, 4) is 0 Å². The average Bonchev–Trinajstić information content (AvgIpc) is 3.09.